The van der Waals surface area contributed by atoms with Gasteiger partial charge in [-0.25, -0.2) is 4.79 Å². The second kappa shape index (κ2) is 6.25. The van der Waals surface area contributed by atoms with Gasteiger partial charge in [0.05, 0.1) is 13.5 Å². The number of hydrogen-bond donors (Lipinski definition) is 1. The van der Waals surface area contributed by atoms with Gasteiger partial charge < -0.3 is 14.7 Å². The minimum atomic E-state index is -0.661. The molecular formula is C14H15NO6. The van der Waals surface area contributed by atoms with Gasteiger partial charge in [0.1, 0.15) is 0 Å². The number of imide groups is 1. The highest BCUT2D eigenvalue weighted by atomic mass is 16.7. The van der Waals surface area contributed by atoms with Crippen LogP contribution in [0.4, 0.5) is 0 Å². The zero-order chi connectivity index (χ0) is 15.4. The van der Waals surface area contributed by atoms with E-state index in [1.165, 1.54) is 13.2 Å². The Balaban J connectivity index is 1.89. The molecule has 7 nitrogen and oxygen atoms in total. The first-order valence-corrected chi connectivity index (χ1v) is 6.43. The maximum Gasteiger partial charge on any atom is 0.333 e. The summed E-state index contributed by atoms with van der Waals surface area (Å²) in [6.45, 7) is 0. The van der Waals surface area contributed by atoms with Crippen molar-refractivity contribution in [2.24, 2.45) is 0 Å². The molecule has 1 fully saturated rings. The Morgan fingerprint density at radius 3 is 2.57 bits per heavy atom. The van der Waals surface area contributed by atoms with Gasteiger partial charge in [0.2, 0.25) is 0 Å². The number of amides is 2. The van der Waals surface area contributed by atoms with Crippen LogP contribution in [0.5, 0.6) is 11.5 Å². The van der Waals surface area contributed by atoms with Gasteiger partial charge in [-0.05, 0) is 24.1 Å². The van der Waals surface area contributed by atoms with Crippen molar-refractivity contribution in [3.05, 3.63) is 23.8 Å². The minimum absolute atomic E-state index is 0.00495. The lowest BCUT2D eigenvalue weighted by molar-refractivity contribution is -0.197. The van der Waals surface area contributed by atoms with E-state index in [9.17, 15) is 19.5 Å². The molecule has 0 unspecified atom stereocenters. The molecule has 21 heavy (non-hydrogen) atoms. The van der Waals surface area contributed by atoms with E-state index in [0.29, 0.717) is 17.2 Å². The summed E-state index contributed by atoms with van der Waals surface area (Å²) in [4.78, 5) is 39.0. The summed E-state index contributed by atoms with van der Waals surface area (Å²) in [5.41, 5.74) is 0.765. The number of methoxy groups -OCH3 is 1. The molecule has 1 heterocycles. The predicted molar refractivity (Wildman–Crippen MR) is 70.2 cm³/mol. The van der Waals surface area contributed by atoms with E-state index in [0.717, 1.165) is 5.56 Å². The van der Waals surface area contributed by atoms with Gasteiger partial charge in [-0.3, -0.25) is 9.59 Å². The number of carbonyl (C=O) groups is 3. The second-order valence-corrected chi connectivity index (χ2v) is 4.55. The zero-order valence-electron chi connectivity index (χ0n) is 11.5. The molecule has 1 aromatic carbocycles. The van der Waals surface area contributed by atoms with Crippen LogP contribution >= 0.6 is 0 Å². The highest BCUT2D eigenvalue weighted by Crippen LogP contribution is 2.26. The van der Waals surface area contributed by atoms with Crippen LogP contribution in [0.25, 0.3) is 0 Å². The summed E-state index contributed by atoms with van der Waals surface area (Å²) < 4.78 is 4.96. The molecule has 7 heteroatoms. The van der Waals surface area contributed by atoms with E-state index >= 15 is 0 Å². The van der Waals surface area contributed by atoms with Crippen molar-refractivity contribution in [2.75, 3.05) is 7.11 Å². The summed E-state index contributed by atoms with van der Waals surface area (Å²) in [7, 11) is 1.43. The Bertz CT molecular complexity index is 567. The van der Waals surface area contributed by atoms with Gasteiger partial charge in [-0.1, -0.05) is 6.07 Å². The lowest BCUT2D eigenvalue weighted by Crippen LogP contribution is -2.32. The number of benzene rings is 1. The van der Waals surface area contributed by atoms with Crippen LogP contribution in [0.2, 0.25) is 0 Å². The highest BCUT2D eigenvalue weighted by molar-refractivity contribution is 6.01. The molecule has 1 N–H and O–H groups in total. The van der Waals surface area contributed by atoms with Crippen LogP contribution < -0.4 is 4.74 Å². The number of aromatic hydroxyl groups is 1. The number of carbonyl (C=O) groups excluding carboxylic acids is 3. The van der Waals surface area contributed by atoms with Gasteiger partial charge in [0, 0.05) is 12.8 Å². The lowest BCUT2D eigenvalue weighted by Gasteiger charge is -2.12. The SMILES string of the molecule is COc1cc(CCC(=O)ON2C(=O)CCC2=O)ccc1O. The number of phenols is 1. The van der Waals surface area contributed by atoms with Gasteiger partial charge in [-0.15, -0.1) is 5.06 Å². The monoisotopic (exact) mass is 293 g/mol. The first kappa shape index (κ1) is 14.8. The average Bonchev–Trinajstić information content (AvgIpc) is 2.78. The molecule has 0 aliphatic carbocycles. The van der Waals surface area contributed by atoms with Gasteiger partial charge in [0.25, 0.3) is 11.8 Å². The van der Waals surface area contributed by atoms with E-state index in [2.05, 4.69) is 0 Å². The number of hydrogen-bond acceptors (Lipinski definition) is 6. The molecule has 112 valence electrons. The van der Waals surface area contributed by atoms with Gasteiger partial charge in [0.15, 0.2) is 11.5 Å². The van der Waals surface area contributed by atoms with E-state index in [-0.39, 0.29) is 25.0 Å². The van der Waals surface area contributed by atoms with E-state index in [4.69, 9.17) is 9.57 Å². The van der Waals surface area contributed by atoms with Crippen molar-refractivity contribution in [3.63, 3.8) is 0 Å². The molecule has 1 aliphatic rings. The molecule has 1 aromatic rings. The quantitative estimate of drug-likeness (QED) is 0.812. The lowest BCUT2D eigenvalue weighted by atomic mass is 10.1. The zero-order valence-corrected chi connectivity index (χ0v) is 11.5. The Hall–Kier alpha value is -2.57. The fourth-order valence-corrected chi connectivity index (χ4v) is 1.93. The molecule has 0 saturated carbocycles. The number of nitrogens with zero attached hydrogens (tertiary/aromatic N) is 1. The van der Waals surface area contributed by atoms with Crippen LogP contribution in [0.1, 0.15) is 24.8 Å². The molecule has 0 aromatic heterocycles. The number of aryl methyl sites for hydroxylation is 1. The third kappa shape index (κ3) is 3.50. The van der Waals surface area contributed by atoms with Crippen LogP contribution in [0, 0.1) is 0 Å². The van der Waals surface area contributed by atoms with E-state index in [1.807, 2.05) is 0 Å². The first-order chi connectivity index (χ1) is 10.0. The van der Waals surface area contributed by atoms with Crippen molar-refractivity contribution < 1.29 is 29.1 Å². The molecule has 2 amide bonds. The first-order valence-electron chi connectivity index (χ1n) is 6.43. The Kier molecular flexibility index (Phi) is 4.42. The Labute approximate surface area is 121 Å². The molecule has 0 spiro atoms. The maximum absolute atomic E-state index is 11.6. The third-order valence-electron chi connectivity index (χ3n) is 3.06. The standard InChI is InChI=1S/C14H15NO6/c1-20-11-8-9(2-4-10(11)16)3-7-14(19)21-15-12(17)5-6-13(15)18/h2,4,8,16H,3,5-7H2,1H3. The molecule has 1 saturated heterocycles. The third-order valence-corrected chi connectivity index (χ3v) is 3.06. The van der Waals surface area contributed by atoms with E-state index in [1.54, 1.807) is 12.1 Å². The van der Waals surface area contributed by atoms with E-state index < -0.39 is 17.8 Å². The molecule has 2 rings (SSSR count). The van der Waals surface area contributed by atoms with Crippen molar-refractivity contribution in [1.82, 2.24) is 5.06 Å². The largest absolute Gasteiger partial charge is 0.504 e. The number of phenolic OH excluding ortho intramolecular Hbond substituents is 1. The molecule has 0 atom stereocenters. The number of rotatable bonds is 5. The van der Waals surface area contributed by atoms with Crippen molar-refractivity contribution in [2.45, 2.75) is 25.7 Å². The van der Waals surface area contributed by atoms with Crippen LogP contribution in [0.3, 0.4) is 0 Å². The van der Waals surface area contributed by atoms with Crippen molar-refractivity contribution in [3.8, 4) is 11.5 Å². The maximum atomic E-state index is 11.6. The minimum Gasteiger partial charge on any atom is -0.504 e. The topological polar surface area (TPSA) is 93.1 Å². The summed E-state index contributed by atoms with van der Waals surface area (Å²) in [5.74, 6) is -1.34. The summed E-state index contributed by atoms with van der Waals surface area (Å²) >= 11 is 0. The van der Waals surface area contributed by atoms with Crippen molar-refractivity contribution in [1.29, 1.82) is 0 Å². The number of ether oxygens (including phenoxy) is 1. The Morgan fingerprint density at radius 2 is 1.95 bits per heavy atom. The molecular weight excluding hydrogens is 278 g/mol. The van der Waals surface area contributed by atoms with Gasteiger partial charge in [-0.2, -0.15) is 0 Å². The number of hydroxylamine groups is 2. The van der Waals surface area contributed by atoms with Crippen molar-refractivity contribution >= 4 is 17.8 Å². The fourth-order valence-electron chi connectivity index (χ4n) is 1.93. The predicted octanol–water partition coefficient (Wildman–Crippen LogP) is 0.941. The normalized spacial score (nSPS) is 14.4. The molecule has 1 aliphatic heterocycles. The summed E-state index contributed by atoms with van der Waals surface area (Å²) in [6.07, 6.45) is 0.485. The van der Waals surface area contributed by atoms with Crippen LogP contribution in [0.15, 0.2) is 18.2 Å². The fraction of sp³-hybridized carbons (Fsp3) is 0.357. The summed E-state index contributed by atoms with van der Waals surface area (Å²) in [6, 6.07) is 4.72. The average molecular weight is 293 g/mol. The van der Waals surface area contributed by atoms with Crippen LogP contribution in [-0.4, -0.2) is 35.1 Å². The summed E-state index contributed by atoms with van der Waals surface area (Å²) in [5, 5.41) is 9.99. The highest BCUT2D eigenvalue weighted by Gasteiger charge is 2.32. The molecule has 0 radical (unpaired) electrons. The Morgan fingerprint density at radius 1 is 1.29 bits per heavy atom. The van der Waals surface area contributed by atoms with Crippen LogP contribution in [-0.2, 0) is 25.6 Å². The smallest absolute Gasteiger partial charge is 0.333 e. The molecule has 0 bridgehead atoms. The second-order valence-electron chi connectivity index (χ2n) is 4.55. The van der Waals surface area contributed by atoms with Gasteiger partial charge >= 0.3 is 5.97 Å².